The first-order valence-electron chi connectivity index (χ1n) is 3.90. The zero-order chi connectivity index (χ0) is 8.27. The smallest absolute Gasteiger partial charge is 0.0894 e. The molecule has 0 aromatic rings. The number of epoxide rings is 1. The molecule has 1 heterocycles. The highest BCUT2D eigenvalue weighted by atomic mass is 16.6. The van der Waals surface area contributed by atoms with Gasteiger partial charge in [-0.3, -0.25) is 0 Å². The summed E-state index contributed by atoms with van der Waals surface area (Å²) in [5.74, 6) is 0.565. The van der Waals surface area contributed by atoms with Gasteiger partial charge >= 0.3 is 0 Å². The van der Waals surface area contributed by atoms with Crippen molar-refractivity contribution >= 4 is 0 Å². The van der Waals surface area contributed by atoms with Gasteiger partial charge in [-0.2, -0.15) is 0 Å². The largest absolute Gasteiger partial charge is 0.373 e. The predicted octanol–water partition coefficient (Wildman–Crippen LogP) is 2.11. The number of ether oxygens (including phenoxy) is 1. The summed E-state index contributed by atoms with van der Waals surface area (Å²) in [6.45, 7) is 4.99. The highest BCUT2D eigenvalue weighted by Gasteiger charge is 2.32. The van der Waals surface area contributed by atoms with Gasteiger partial charge in [-0.05, 0) is 17.9 Å². The SMILES string of the molecule is CC(C)C[C@@H](N=[N+]=[N-])[C@H]1CO1. The van der Waals surface area contributed by atoms with E-state index >= 15 is 0 Å². The summed E-state index contributed by atoms with van der Waals surface area (Å²) in [5, 5.41) is 3.68. The van der Waals surface area contributed by atoms with Gasteiger partial charge in [-0.25, -0.2) is 0 Å². The second kappa shape index (κ2) is 3.60. The molecule has 0 spiro atoms. The molecule has 11 heavy (non-hydrogen) atoms. The maximum Gasteiger partial charge on any atom is 0.0894 e. The van der Waals surface area contributed by atoms with Crippen molar-refractivity contribution in [2.24, 2.45) is 11.0 Å². The molecule has 4 heteroatoms. The van der Waals surface area contributed by atoms with E-state index in [0.29, 0.717) is 5.92 Å². The summed E-state index contributed by atoms with van der Waals surface area (Å²) in [6, 6.07) is 0.0556. The van der Waals surface area contributed by atoms with Crippen LogP contribution in [0.3, 0.4) is 0 Å². The quantitative estimate of drug-likeness (QED) is 0.265. The molecule has 0 aliphatic carbocycles. The Morgan fingerprint density at radius 2 is 2.36 bits per heavy atom. The van der Waals surface area contributed by atoms with E-state index in [9.17, 15) is 0 Å². The van der Waals surface area contributed by atoms with Gasteiger partial charge in [0.15, 0.2) is 0 Å². The number of azide groups is 1. The Bertz CT molecular complexity index is 171. The minimum atomic E-state index is 0.0556. The van der Waals surface area contributed by atoms with Crippen LogP contribution in [0.1, 0.15) is 20.3 Å². The van der Waals surface area contributed by atoms with Crippen LogP contribution < -0.4 is 0 Å². The summed E-state index contributed by atoms with van der Waals surface area (Å²) < 4.78 is 5.06. The van der Waals surface area contributed by atoms with Crippen molar-refractivity contribution in [1.82, 2.24) is 0 Å². The predicted molar refractivity (Wildman–Crippen MR) is 42.1 cm³/mol. The molecule has 2 atom stereocenters. The molecule has 1 aliphatic rings. The third-order valence-corrected chi connectivity index (χ3v) is 1.70. The zero-order valence-electron chi connectivity index (χ0n) is 6.90. The first-order chi connectivity index (χ1) is 5.24. The number of nitrogens with zero attached hydrogens (tertiary/aromatic N) is 3. The Morgan fingerprint density at radius 3 is 2.73 bits per heavy atom. The van der Waals surface area contributed by atoms with Gasteiger partial charge in [0.05, 0.1) is 18.8 Å². The van der Waals surface area contributed by atoms with Crippen molar-refractivity contribution < 1.29 is 4.74 Å². The molecule has 0 saturated carbocycles. The third kappa shape index (κ3) is 2.78. The lowest BCUT2D eigenvalue weighted by Crippen LogP contribution is -2.14. The van der Waals surface area contributed by atoms with Crippen LogP contribution in [0.4, 0.5) is 0 Å². The monoisotopic (exact) mass is 155 g/mol. The highest BCUT2D eigenvalue weighted by Crippen LogP contribution is 2.22. The Morgan fingerprint density at radius 1 is 1.73 bits per heavy atom. The second-order valence-corrected chi connectivity index (χ2v) is 3.27. The lowest BCUT2D eigenvalue weighted by Gasteiger charge is -2.09. The van der Waals surface area contributed by atoms with E-state index in [0.717, 1.165) is 13.0 Å². The van der Waals surface area contributed by atoms with Gasteiger partial charge in [-0.1, -0.05) is 19.0 Å². The average Bonchev–Trinajstić information content (AvgIpc) is 2.66. The van der Waals surface area contributed by atoms with Gasteiger partial charge in [-0.15, -0.1) is 0 Å². The van der Waals surface area contributed by atoms with Crippen molar-refractivity contribution in [3.63, 3.8) is 0 Å². The van der Waals surface area contributed by atoms with Crippen LogP contribution in [-0.4, -0.2) is 18.8 Å². The van der Waals surface area contributed by atoms with Crippen LogP contribution >= 0.6 is 0 Å². The molecule has 1 aliphatic heterocycles. The maximum absolute atomic E-state index is 8.23. The van der Waals surface area contributed by atoms with Crippen LogP contribution in [0.15, 0.2) is 5.11 Å². The molecule has 0 aromatic heterocycles. The molecule has 1 rings (SSSR count). The second-order valence-electron chi connectivity index (χ2n) is 3.27. The summed E-state index contributed by atoms with van der Waals surface area (Å²) in [7, 11) is 0. The standard InChI is InChI=1S/C7H13N3O/c1-5(2)3-6(9-10-8)7-4-11-7/h5-7H,3-4H2,1-2H3/t6-,7-/m1/s1. The minimum Gasteiger partial charge on any atom is -0.373 e. The Labute approximate surface area is 66.2 Å². The van der Waals surface area contributed by atoms with E-state index in [1.54, 1.807) is 0 Å². The molecule has 0 N–H and O–H groups in total. The van der Waals surface area contributed by atoms with Crippen molar-refractivity contribution in [3.8, 4) is 0 Å². The first kappa shape index (κ1) is 8.37. The van der Waals surface area contributed by atoms with Gasteiger partial charge in [0, 0.05) is 4.91 Å². The Hall–Kier alpha value is -0.730. The molecule has 1 fully saturated rings. The highest BCUT2D eigenvalue weighted by molar-refractivity contribution is 4.85. The van der Waals surface area contributed by atoms with Gasteiger partial charge in [0.25, 0.3) is 0 Å². The van der Waals surface area contributed by atoms with Crippen LogP contribution in [-0.2, 0) is 4.74 Å². The number of hydrogen-bond acceptors (Lipinski definition) is 2. The number of hydrogen-bond donors (Lipinski definition) is 0. The number of rotatable bonds is 4. The molecule has 0 aromatic carbocycles. The summed E-state index contributed by atoms with van der Waals surface area (Å²) >= 11 is 0. The van der Waals surface area contributed by atoms with E-state index in [-0.39, 0.29) is 12.1 Å². The normalized spacial score (nSPS) is 24.5. The van der Waals surface area contributed by atoms with Crippen LogP contribution in [0.2, 0.25) is 0 Å². The Kier molecular flexibility index (Phi) is 2.74. The van der Waals surface area contributed by atoms with E-state index in [2.05, 4.69) is 23.9 Å². The third-order valence-electron chi connectivity index (χ3n) is 1.70. The summed E-state index contributed by atoms with van der Waals surface area (Å²) in [4.78, 5) is 2.80. The van der Waals surface area contributed by atoms with Crippen molar-refractivity contribution in [2.45, 2.75) is 32.4 Å². The summed E-state index contributed by atoms with van der Waals surface area (Å²) in [6.07, 6.45) is 1.13. The fraction of sp³-hybridized carbons (Fsp3) is 1.00. The van der Waals surface area contributed by atoms with E-state index in [4.69, 9.17) is 10.3 Å². The molecular formula is C7H13N3O. The molecule has 0 radical (unpaired) electrons. The zero-order valence-corrected chi connectivity index (χ0v) is 6.90. The molecule has 62 valence electrons. The molecule has 0 unspecified atom stereocenters. The van der Waals surface area contributed by atoms with E-state index in [1.807, 2.05) is 0 Å². The fourth-order valence-electron chi connectivity index (χ4n) is 1.10. The minimum absolute atomic E-state index is 0.0556. The van der Waals surface area contributed by atoms with Crippen LogP contribution in [0.25, 0.3) is 10.4 Å². The van der Waals surface area contributed by atoms with Crippen LogP contribution in [0.5, 0.6) is 0 Å². The molecule has 0 amide bonds. The topological polar surface area (TPSA) is 61.3 Å². The molecule has 1 saturated heterocycles. The fourth-order valence-corrected chi connectivity index (χ4v) is 1.10. The Balaban J connectivity index is 2.38. The van der Waals surface area contributed by atoms with E-state index < -0.39 is 0 Å². The van der Waals surface area contributed by atoms with Gasteiger partial charge in [0.2, 0.25) is 0 Å². The maximum atomic E-state index is 8.23. The van der Waals surface area contributed by atoms with Crippen molar-refractivity contribution in [2.75, 3.05) is 6.61 Å². The van der Waals surface area contributed by atoms with E-state index in [1.165, 1.54) is 0 Å². The molecular weight excluding hydrogens is 142 g/mol. The van der Waals surface area contributed by atoms with Crippen LogP contribution in [0, 0.1) is 5.92 Å². The molecule has 0 bridgehead atoms. The summed E-state index contributed by atoms with van der Waals surface area (Å²) in [5.41, 5.74) is 8.23. The lowest BCUT2D eigenvalue weighted by molar-refractivity contribution is 0.346. The van der Waals surface area contributed by atoms with Gasteiger partial charge in [0.1, 0.15) is 0 Å². The average molecular weight is 155 g/mol. The van der Waals surface area contributed by atoms with Crippen molar-refractivity contribution in [3.05, 3.63) is 10.4 Å². The first-order valence-corrected chi connectivity index (χ1v) is 3.90. The molecule has 4 nitrogen and oxygen atoms in total. The van der Waals surface area contributed by atoms with Crippen molar-refractivity contribution in [1.29, 1.82) is 0 Å². The lowest BCUT2D eigenvalue weighted by atomic mass is 10.0. The van der Waals surface area contributed by atoms with Gasteiger partial charge < -0.3 is 4.74 Å².